The molecule has 0 aromatic heterocycles. The van der Waals surface area contributed by atoms with E-state index < -0.39 is 0 Å². The highest BCUT2D eigenvalue weighted by atomic mass is 35.5. The van der Waals surface area contributed by atoms with Gasteiger partial charge in [0.2, 0.25) is 0 Å². The zero-order valence-corrected chi connectivity index (χ0v) is 14.8. The SMILES string of the molecule is CCC(C)(C)[C@H]1CCC(=O)/C(=C/Nc2cccc(C)c2Cl)C1. The number of Topliss-reactive ketones (excluding diaryl/α,β-unsaturated/α-hetero) is 1. The Hall–Kier alpha value is -1.28. The summed E-state index contributed by atoms with van der Waals surface area (Å²) in [5, 5.41) is 3.94. The topological polar surface area (TPSA) is 29.1 Å². The number of hydrogen-bond acceptors (Lipinski definition) is 2. The predicted molar refractivity (Wildman–Crippen MR) is 94.3 cm³/mol. The lowest BCUT2D eigenvalue weighted by atomic mass is 9.68. The minimum atomic E-state index is 0.263. The number of carbonyl (C=O) groups excluding carboxylic acids is 1. The highest BCUT2D eigenvalue weighted by Crippen LogP contribution is 2.41. The number of hydrogen-bond donors (Lipinski definition) is 1. The van der Waals surface area contributed by atoms with E-state index in [0.29, 0.717) is 17.4 Å². The molecule has 3 heteroatoms. The van der Waals surface area contributed by atoms with E-state index in [2.05, 4.69) is 26.1 Å². The first kappa shape index (κ1) is 17.1. The van der Waals surface area contributed by atoms with Crippen LogP contribution in [0.1, 0.15) is 52.0 Å². The van der Waals surface area contributed by atoms with Crippen molar-refractivity contribution in [2.24, 2.45) is 11.3 Å². The lowest BCUT2D eigenvalue weighted by molar-refractivity contribution is -0.117. The summed E-state index contributed by atoms with van der Waals surface area (Å²) in [6.07, 6.45) is 5.51. The van der Waals surface area contributed by atoms with Crippen LogP contribution in [0.5, 0.6) is 0 Å². The predicted octanol–water partition coefficient (Wildman–Crippen LogP) is 5.75. The lowest BCUT2D eigenvalue weighted by Crippen LogP contribution is -2.29. The maximum Gasteiger partial charge on any atom is 0.160 e. The summed E-state index contributed by atoms with van der Waals surface area (Å²) in [6.45, 7) is 8.81. The maximum absolute atomic E-state index is 12.2. The molecular formula is C19H26ClNO. The molecule has 2 nitrogen and oxygen atoms in total. The van der Waals surface area contributed by atoms with Gasteiger partial charge in [-0.15, -0.1) is 0 Å². The van der Waals surface area contributed by atoms with Crippen LogP contribution in [0, 0.1) is 18.3 Å². The van der Waals surface area contributed by atoms with Crippen molar-refractivity contribution in [3.05, 3.63) is 40.6 Å². The van der Waals surface area contributed by atoms with Gasteiger partial charge in [0.1, 0.15) is 0 Å². The molecule has 0 heterocycles. The minimum Gasteiger partial charge on any atom is -0.360 e. The highest BCUT2D eigenvalue weighted by molar-refractivity contribution is 6.34. The van der Waals surface area contributed by atoms with Crippen LogP contribution in [0.4, 0.5) is 5.69 Å². The Kier molecular flexibility index (Phi) is 5.33. The summed E-state index contributed by atoms with van der Waals surface area (Å²) < 4.78 is 0. The molecule has 1 N–H and O–H groups in total. The van der Waals surface area contributed by atoms with E-state index in [9.17, 15) is 4.79 Å². The van der Waals surface area contributed by atoms with Gasteiger partial charge in [-0.3, -0.25) is 4.79 Å². The third kappa shape index (κ3) is 3.73. The number of carbonyl (C=O) groups is 1. The van der Waals surface area contributed by atoms with Crippen molar-refractivity contribution in [1.82, 2.24) is 0 Å². The molecule has 0 bridgehead atoms. The minimum absolute atomic E-state index is 0.263. The fourth-order valence-electron chi connectivity index (χ4n) is 2.97. The first-order chi connectivity index (χ1) is 10.3. The molecule has 1 aromatic carbocycles. The fraction of sp³-hybridized carbons (Fsp3) is 0.526. The monoisotopic (exact) mass is 319 g/mol. The standard InChI is InChI=1S/C19H26ClNO/c1-5-19(3,4)15-9-10-17(22)14(11-15)12-21-16-8-6-7-13(2)18(16)20/h6-8,12,15,21H,5,9-11H2,1-4H3/b14-12+/t15-/m0/s1. The van der Waals surface area contributed by atoms with E-state index in [1.54, 1.807) is 0 Å². The quantitative estimate of drug-likeness (QED) is 0.716. The summed E-state index contributed by atoms with van der Waals surface area (Å²) in [6, 6.07) is 5.88. The Balaban J connectivity index is 2.15. The van der Waals surface area contributed by atoms with Crippen molar-refractivity contribution in [3.63, 3.8) is 0 Å². The molecule has 0 spiro atoms. The van der Waals surface area contributed by atoms with E-state index in [-0.39, 0.29) is 11.2 Å². The van der Waals surface area contributed by atoms with Crippen LogP contribution in [-0.2, 0) is 4.79 Å². The molecule has 1 aliphatic carbocycles. The lowest BCUT2D eigenvalue weighted by Gasteiger charge is -2.36. The number of allylic oxidation sites excluding steroid dienone is 1. The Labute approximate surface area is 138 Å². The molecule has 2 rings (SSSR count). The Morgan fingerprint density at radius 3 is 2.82 bits per heavy atom. The van der Waals surface area contributed by atoms with E-state index >= 15 is 0 Å². The molecular weight excluding hydrogens is 294 g/mol. The molecule has 1 atom stereocenters. The third-order valence-corrected chi connectivity index (χ3v) is 5.66. The van der Waals surface area contributed by atoms with Crippen molar-refractivity contribution >= 4 is 23.1 Å². The average molecular weight is 320 g/mol. The van der Waals surface area contributed by atoms with Crippen LogP contribution in [0.25, 0.3) is 0 Å². The molecule has 0 aliphatic heterocycles. The number of halogens is 1. The van der Waals surface area contributed by atoms with Crippen LogP contribution >= 0.6 is 11.6 Å². The third-order valence-electron chi connectivity index (χ3n) is 5.15. The van der Waals surface area contributed by atoms with Crippen LogP contribution in [0.15, 0.2) is 30.0 Å². The van der Waals surface area contributed by atoms with Gasteiger partial charge in [-0.25, -0.2) is 0 Å². The Morgan fingerprint density at radius 1 is 1.41 bits per heavy atom. The zero-order chi connectivity index (χ0) is 16.3. The van der Waals surface area contributed by atoms with Crippen molar-refractivity contribution in [3.8, 4) is 0 Å². The van der Waals surface area contributed by atoms with E-state index in [4.69, 9.17) is 11.6 Å². The second kappa shape index (κ2) is 6.87. The maximum atomic E-state index is 12.2. The van der Waals surface area contributed by atoms with Crippen LogP contribution in [0.3, 0.4) is 0 Å². The number of rotatable bonds is 4. The molecule has 22 heavy (non-hydrogen) atoms. The van der Waals surface area contributed by atoms with Gasteiger partial charge in [-0.2, -0.15) is 0 Å². The molecule has 1 aromatic rings. The van der Waals surface area contributed by atoms with E-state index in [0.717, 1.165) is 36.1 Å². The number of benzene rings is 1. The molecule has 120 valence electrons. The van der Waals surface area contributed by atoms with Gasteiger partial charge < -0.3 is 5.32 Å². The first-order valence-electron chi connectivity index (χ1n) is 8.09. The van der Waals surface area contributed by atoms with Gasteiger partial charge in [0.15, 0.2) is 5.78 Å². The summed E-state index contributed by atoms with van der Waals surface area (Å²) in [5.41, 5.74) is 3.07. The van der Waals surface area contributed by atoms with Gasteiger partial charge in [0.25, 0.3) is 0 Å². The summed E-state index contributed by atoms with van der Waals surface area (Å²) in [4.78, 5) is 12.2. The molecule has 0 saturated heterocycles. The van der Waals surface area contributed by atoms with Crippen LogP contribution < -0.4 is 5.32 Å². The Bertz CT molecular complexity index is 589. The van der Waals surface area contributed by atoms with Gasteiger partial charge >= 0.3 is 0 Å². The summed E-state index contributed by atoms with van der Waals surface area (Å²) in [7, 11) is 0. The van der Waals surface area contributed by atoms with Crippen molar-refractivity contribution in [2.75, 3.05) is 5.32 Å². The number of aryl methyl sites for hydroxylation is 1. The largest absolute Gasteiger partial charge is 0.360 e. The van der Waals surface area contributed by atoms with Crippen LogP contribution in [0.2, 0.25) is 5.02 Å². The normalized spacial score (nSPS) is 21.2. The molecule has 0 amide bonds. The summed E-state index contributed by atoms with van der Waals surface area (Å²) >= 11 is 6.29. The van der Waals surface area contributed by atoms with Gasteiger partial charge in [-0.05, 0) is 42.7 Å². The molecule has 1 aliphatic rings. The molecule has 1 saturated carbocycles. The Morgan fingerprint density at radius 2 is 2.14 bits per heavy atom. The smallest absolute Gasteiger partial charge is 0.160 e. The van der Waals surface area contributed by atoms with Gasteiger partial charge in [0.05, 0.1) is 10.7 Å². The highest BCUT2D eigenvalue weighted by Gasteiger charge is 2.33. The second-order valence-electron chi connectivity index (χ2n) is 6.96. The fourth-order valence-corrected chi connectivity index (χ4v) is 3.15. The molecule has 1 fully saturated rings. The van der Waals surface area contributed by atoms with Gasteiger partial charge in [-0.1, -0.05) is 50.9 Å². The van der Waals surface area contributed by atoms with Crippen molar-refractivity contribution in [2.45, 2.75) is 53.4 Å². The van der Waals surface area contributed by atoms with Crippen molar-refractivity contribution in [1.29, 1.82) is 0 Å². The zero-order valence-electron chi connectivity index (χ0n) is 14.0. The second-order valence-corrected chi connectivity index (χ2v) is 7.33. The number of anilines is 1. The van der Waals surface area contributed by atoms with Gasteiger partial charge in [0, 0.05) is 18.2 Å². The van der Waals surface area contributed by atoms with E-state index in [1.165, 1.54) is 0 Å². The number of ketones is 1. The molecule has 0 radical (unpaired) electrons. The van der Waals surface area contributed by atoms with E-state index in [1.807, 2.05) is 31.3 Å². The molecule has 0 unspecified atom stereocenters. The van der Waals surface area contributed by atoms with Crippen molar-refractivity contribution < 1.29 is 4.79 Å². The summed E-state index contributed by atoms with van der Waals surface area (Å²) in [5.74, 6) is 0.829. The number of nitrogens with one attached hydrogen (secondary N) is 1. The van der Waals surface area contributed by atoms with Crippen LogP contribution in [-0.4, -0.2) is 5.78 Å². The average Bonchev–Trinajstić information content (AvgIpc) is 2.50. The first-order valence-corrected chi connectivity index (χ1v) is 8.47.